The zero-order valence-electron chi connectivity index (χ0n) is 21.8. The Morgan fingerprint density at radius 3 is 2.42 bits per heavy atom. The number of benzene rings is 1. The molecule has 4 unspecified atom stereocenters. The molecular formula is C27H41F3N2O4. The predicted octanol–water partition coefficient (Wildman–Crippen LogP) is 4.35. The molecule has 1 aromatic rings. The van der Waals surface area contributed by atoms with Crippen molar-refractivity contribution in [2.45, 2.75) is 82.8 Å². The third kappa shape index (κ3) is 7.00. The lowest BCUT2D eigenvalue weighted by molar-refractivity contribution is -0.142. The van der Waals surface area contributed by atoms with E-state index < -0.39 is 17.3 Å². The minimum Gasteiger partial charge on any atom is -0.385 e. The van der Waals surface area contributed by atoms with Crippen LogP contribution in [0.25, 0.3) is 0 Å². The lowest BCUT2D eigenvalue weighted by Gasteiger charge is -2.41. The molecule has 2 N–H and O–H groups in total. The summed E-state index contributed by atoms with van der Waals surface area (Å²) < 4.78 is 49.8. The SMILES string of the molecule is CCC(CC(C(=O)N1CCC(O)(c2ccc(C(F)(F)F)cc2)CC1)C(C)C)NC1CCOCC1OC. The molecule has 0 aromatic heterocycles. The van der Waals surface area contributed by atoms with Crippen LogP contribution >= 0.6 is 0 Å². The van der Waals surface area contributed by atoms with E-state index in [0.717, 1.165) is 25.0 Å². The average molecular weight is 515 g/mol. The van der Waals surface area contributed by atoms with E-state index >= 15 is 0 Å². The Morgan fingerprint density at radius 1 is 1.25 bits per heavy atom. The molecule has 0 spiro atoms. The van der Waals surface area contributed by atoms with Crippen molar-refractivity contribution in [1.29, 1.82) is 0 Å². The summed E-state index contributed by atoms with van der Waals surface area (Å²) in [5.41, 5.74) is -1.51. The molecule has 6 nitrogen and oxygen atoms in total. The number of likely N-dealkylation sites (tertiary alicyclic amines) is 1. The molecule has 0 saturated carbocycles. The molecule has 2 aliphatic heterocycles. The monoisotopic (exact) mass is 514 g/mol. The van der Waals surface area contributed by atoms with Crippen molar-refractivity contribution in [3.63, 3.8) is 0 Å². The van der Waals surface area contributed by atoms with Crippen molar-refractivity contribution >= 4 is 5.91 Å². The number of ether oxygens (including phenoxy) is 2. The van der Waals surface area contributed by atoms with Gasteiger partial charge in [-0.3, -0.25) is 4.79 Å². The maximum absolute atomic E-state index is 13.6. The van der Waals surface area contributed by atoms with E-state index in [-0.39, 0.29) is 35.9 Å². The minimum absolute atomic E-state index is 0.00836. The first-order valence-electron chi connectivity index (χ1n) is 13.0. The molecule has 9 heteroatoms. The Morgan fingerprint density at radius 2 is 1.89 bits per heavy atom. The van der Waals surface area contributed by atoms with Gasteiger partial charge in [0.25, 0.3) is 0 Å². The maximum atomic E-state index is 13.6. The van der Waals surface area contributed by atoms with Crippen LogP contribution in [-0.2, 0) is 26.0 Å². The number of hydrogen-bond donors (Lipinski definition) is 2. The van der Waals surface area contributed by atoms with Crippen molar-refractivity contribution < 1.29 is 32.5 Å². The number of carbonyl (C=O) groups excluding carboxylic acids is 1. The molecule has 0 aliphatic carbocycles. The molecule has 2 aliphatic rings. The highest BCUT2D eigenvalue weighted by molar-refractivity contribution is 5.79. The van der Waals surface area contributed by atoms with Gasteiger partial charge in [-0.1, -0.05) is 32.9 Å². The van der Waals surface area contributed by atoms with Gasteiger partial charge in [0.05, 0.1) is 23.9 Å². The van der Waals surface area contributed by atoms with Gasteiger partial charge in [-0.2, -0.15) is 13.2 Å². The molecule has 0 bridgehead atoms. The van der Waals surface area contributed by atoms with Gasteiger partial charge in [-0.05, 0) is 55.7 Å². The van der Waals surface area contributed by atoms with Crippen molar-refractivity contribution in [2.75, 3.05) is 33.4 Å². The highest BCUT2D eigenvalue weighted by Gasteiger charge is 2.39. The van der Waals surface area contributed by atoms with Gasteiger partial charge in [0.1, 0.15) is 0 Å². The number of amides is 1. The van der Waals surface area contributed by atoms with Crippen LogP contribution in [0.5, 0.6) is 0 Å². The van der Waals surface area contributed by atoms with Gasteiger partial charge in [0.2, 0.25) is 5.91 Å². The topological polar surface area (TPSA) is 71.0 Å². The van der Waals surface area contributed by atoms with Crippen LogP contribution in [-0.4, -0.2) is 67.5 Å². The normalized spacial score (nSPS) is 24.5. The Bertz CT molecular complexity index is 838. The summed E-state index contributed by atoms with van der Waals surface area (Å²) in [6.45, 7) is 8.23. The van der Waals surface area contributed by atoms with Gasteiger partial charge in [0, 0.05) is 44.8 Å². The molecule has 1 aromatic carbocycles. The summed E-state index contributed by atoms with van der Waals surface area (Å²) >= 11 is 0. The average Bonchev–Trinajstić information content (AvgIpc) is 2.86. The highest BCUT2D eigenvalue weighted by atomic mass is 19.4. The highest BCUT2D eigenvalue weighted by Crippen LogP contribution is 2.36. The van der Waals surface area contributed by atoms with Gasteiger partial charge >= 0.3 is 6.18 Å². The quantitative estimate of drug-likeness (QED) is 0.513. The number of carbonyl (C=O) groups is 1. The van der Waals surface area contributed by atoms with E-state index in [2.05, 4.69) is 26.1 Å². The number of hydrogen-bond acceptors (Lipinski definition) is 5. The standard InChI is InChI=1S/C27H41F3N2O4/c1-5-21(31-23-10-15-36-17-24(23)35-4)16-22(18(2)3)25(33)32-13-11-26(34,12-14-32)19-6-8-20(9-7-19)27(28,29)30/h6-9,18,21-24,31,34H,5,10-17H2,1-4H3. The molecular weight excluding hydrogens is 473 g/mol. The third-order valence-electron chi connectivity index (χ3n) is 7.86. The van der Waals surface area contributed by atoms with E-state index in [1.165, 1.54) is 12.1 Å². The Labute approximate surface area is 212 Å². The number of methoxy groups -OCH3 is 1. The number of nitrogens with zero attached hydrogens (tertiary/aromatic N) is 1. The number of nitrogens with one attached hydrogen (secondary N) is 1. The van der Waals surface area contributed by atoms with Crippen molar-refractivity contribution in [1.82, 2.24) is 10.2 Å². The van der Waals surface area contributed by atoms with Gasteiger partial charge < -0.3 is 24.8 Å². The van der Waals surface area contributed by atoms with Crippen molar-refractivity contribution in [3.05, 3.63) is 35.4 Å². The lowest BCUT2D eigenvalue weighted by Crippen LogP contribution is -2.52. The van der Waals surface area contributed by atoms with Crippen LogP contribution in [0.4, 0.5) is 13.2 Å². The molecule has 0 radical (unpaired) electrons. The molecule has 36 heavy (non-hydrogen) atoms. The second kappa shape index (κ2) is 12.2. The summed E-state index contributed by atoms with van der Waals surface area (Å²) in [5.74, 6) is 0.0625. The van der Waals surface area contributed by atoms with Crippen LogP contribution in [0.2, 0.25) is 0 Å². The number of halogens is 3. The molecule has 3 rings (SSSR count). The van der Waals surface area contributed by atoms with Crippen LogP contribution in [0.3, 0.4) is 0 Å². The van der Waals surface area contributed by atoms with Crippen LogP contribution in [0.1, 0.15) is 64.0 Å². The summed E-state index contributed by atoms with van der Waals surface area (Å²) in [6.07, 6.45) is -1.37. The van der Waals surface area contributed by atoms with Crippen LogP contribution in [0, 0.1) is 11.8 Å². The number of alkyl halides is 3. The third-order valence-corrected chi connectivity index (χ3v) is 7.86. The van der Waals surface area contributed by atoms with E-state index in [0.29, 0.717) is 51.1 Å². The zero-order chi connectivity index (χ0) is 26.5. The second-order valence-corrected chi connectivity index (χ2v) is 10.5. The van der Waals surface area contributed by atoms with Crippen molar-refractivity contribution in [2.24, 2.45) is 11.8 Å². The largest absolute Gasteiger partial charge is 0.416 e. The fraction of sp³-hybridized carbons (Fsp3) is 0.741. The fourth-order valence-electron chi connectivity index (χ4n) is 5.34. The molecule has 2 fully saturated rings. The molecule has 204 valence electrons. The van der Waals surface area contributed by atoms with Crippen molar-refractivity contribution in [3.8, 4) is 0 Å². The molecule has 4 atom stereocenters. The predicted molar refractivity (Wildman–Crippen MR) is 131 cm³/mol. The van der Waals surface area contributed by atoms with Crippen LogP contribution < -0.4 is 5.32 Å². The van der Waals surface area contributed by atoms with Gasteiger partial charge in [0.15, 0.2) is 0 Å². The van der Waals surface area contributed by atoms with E-state index in [1.807, 2.05) is 4.90 Å². The summed E-state index contributed by atoms with van der Waals surface area (Å²) in [6, 6.07) is 5.05. The number of piperidine rings is 1. The Balaban J connectivity index is 1.61. The molecule has 1 amide bonds. The first-order chi connectivity index (χ1) is 17.0. The van der Waals surface area contributed by atoms with E-state index in [1.54, 1.807) is 7.11 Å². The zero-order valence-corrected chi connectivity index (χ0v) is 21.8. The number of rotatable bonds is 9. The number of aliphatic hydroxyl groups is 1. The summed E-state index contributed by atoms with van der Waals surface area (Å²) in [7, 11) is 1.69. The molecule has 2 saturated heterocycles. The second-order valence-electron chi connectivity index (χ2n) is 10.5. The van der Waals surface area contributed by atoms with E-state index in [4.69, 9.17) is 9.47 Å². The minimum atomic E-state index is -4.41. The fourth-order valence-corrected chi connectivity index (χ4v) is 5.34. The summed E-state index contributed by atoms with van der Waals surface area (Å²) in [5, 5.41) is 14.8. The summed E-state index contributed by atoms with van der Waals surface area (Å²) in [4.78, 5) is 15.4. The van der Waals surface area contributed by atoms with Gasteiger partial charge in [-0.15, -0.1) is 0 Å². The van der Waals surface area contributed by atoms with Crippen LogP contribution in [0.15, 0.2) is 24.3 Å². The maximum Gasteiger partial charge on any atom is 0.416 e. The lowest BCUT2D eigenvalue weighted by atomic mass is 9.82. The Kier molecular flexibility index (Phi) is 9.82. The first-order valence-corrected chi connectivity index (χ1v) is 13.0. The molecule has 2 heterocycles. The first kappa shape index (κ1) is 28.9. The van der Waals surface area contributed by atoms with Gasteiger partial charge in [-0.25, -0.2) is 0 Å². The Hall–Kier alpha value is -1.68. The smallest absolute Gasteiger partial charge is 0.385 e. The van der Waals surface area contributed by atoms with E-state index in [9.17, 15) is 23.1 Å².